The van der Waals surface area contributed by atoms with E-state index in [-0.39, 0.29) is 11.1 Å². The minimum atomic E-state index is -0.288. The highest BCUT2D eigenvalue weighted by atomic mass is 16.2. The summed E-state index contributed by atoms with van der Waals surface area (Å²) in [5.41, 5.74) is 0.282. The monoisotopic (exact) mass is 258 g/mol. The van der Waals surface area contributed by atoms with E-state index in [1.165, 1.54) is 4.68 Å². The first-order chi connectivity index (χ1) is 9.03. The van der Waals surface area contributed by atoms with Gasteiger partial charge in [-0.3, -0.25) is 4.40 Å². The minimum absolute atomic E-state index is 0.102. The van der Waals surface area contributed by atoms with Crippen LogP contribution in [0.15, 0.2) is 29.2 Å². The summed E-state index contributed by atoms with van der Waals surface area (Å²) in [5, 5.41) is 13.2. The highest BCUT2D eigenvalue weighted by Crippen LogP contribution is 2.21. The van der Waals surface area contributed by atoms with Crippen molar-refractivity contribution in [3.63, 3.8) is 0 Å². The van der Waals surface area contributed by atoms with Crippen molar-refractivity contribution < 1.29 is 0 Å². The maximum absolute atomic E-state index is 12.0. The van der Waals surface area contributed by atoms with Crippen molar-refractivity contribution in [1.29, 1.82) is 5.26 Å². The summed E-state index contributed by atoms with van der Waals surface area (Å²) in [6.07, 6.45) is 4.33. The third-order valence-electron chi connectivity index (χ3n) is 3.21. The fraction of sp³-hybridized carbons (Fsp3) is 0.500. The molecule has 0 aliphatic rings. The Morgan fingerprint density at radius 2 is 2.16 bits per heavy atom. The lowest BCUT2D eigenvalue weighted by atomic mass is 9.89. The van der Waals surface area contributed by atoms with Crippen molar-refractivity contribution in [2.45, 2.75) is 39.7 Å². The highest BCUT2D eigenvalue weighted by Gasteiger charge is 2.15. The molecule has 100 valence electrons. The van der Waals surface area contributed by atoms with Gasteiger partial charge in [0.05, 0.1) is 11.5 Å². The summed E-state index contributed by atoms with van der Waals surface area (Å²) in [6, 6.07) is 7.78. The van der Waals surface area contributed by atoms with Gasteiger partial charge >= 0.3 is 5.69 Å². The van der Waals surface area contributed by atoms with Crippen LogP contribution in [0.3, 0.4) is 0 Å². The maximum Gasteiger partial charge on any atom is 0.350 e. The Balaban J connectivity index is 1.98. The van der Waals surface area contributed by atoms with Crippen LogP contribution in [0.2, 0.25) is 0 Å². The van der Waals surface area contributed by atoms with E-state index in [0.29, 0.717) is 12.2 Å². The number of unbranched alkanes of at least 4 members (excludes halogenated alkanes) is 1. The van der Waals surface area contributed by atoms with Crippen LogP contribution in [0, 0.1) is 16.7 Å². The number of aromatic nitrogens is 3. The molecule has 0 amide bonds. The number of hydrogen-bond acceptors (Lipinski definition) is 3. The number of aryl methyl sites for hydroxylation is 1. The normalized spacial score (nSPS) is 11.6. The van der Waals surface area contributed by atoms with Crippen molar-refractivity contribution in [3.8, 4) is 6.07 Å². The van der Waals surface area contributed by atoms with Crippen LogP contribution in [-0.4, -0.2) is 14.2 Å². The first-order valence-corrected chi connectivity index (χ1v) is 6.49. The van der Waals surface area contributed by atoms with Crippen molar-refractivity contribution in [3.05, 3.63) is 34.9 Å². The van der Waals surface area contributed by atoms with Crippen LogP contribution in [0.5, 0.6) is 0 Å². The molecular weight excluding hydrogens is 240 g/mol. The summed E-state index contributed by atoms with van der Waals surface area (Å²) >= 11 is 0. The molecule has 5 heteroatoms. The van der Waals surface area contributed by atoms with Gasteiger partial charge in [0.25, 0.3) is 0 Å². The zero-order valence-corrected chi connectivity index (χ0v) is 11.3. The zero-order valence-electron chi connectivity index (χ0n) is 11.3. The van der Waals surface area contributed by atoms with Crippen LogP contribution in [-0.2, 0) is 6.54 Å². The molecule has 2 rings (SSSR count). The third kappa shape index (κ3) is 3.02. The standard InChI is InChI=1S/C14H18N4O/c1-14(2,11-15)8-4-6-10-18-13(19)17-9-5-3-7-12(17)16-18/h3,5,7,9H,4,6,8,10H2,1-2H3. The number of nitriles is 1. The van der Waals surface area contributed by atoms with Crippen LogP contribution >= 0.6 is 0 Å². The number of pyridine rings is 1. The van der Waals surface area contributed by atoms with E-state index in [9.17, 15) is 4.79 Å². The predicted molar refractivity (Wildman–Crippen MR) is 72.7 cm³/mol. The van der Waals surface area contributed by atoms with Gasteiger partial charge in [-0.15, -0.1) is 5.10 Å². The molecule has 5 nitrogen and oxygen atoms in total. The van der Waals surface area contributed by atoms with Crippen LogP contribution in [0.25, 0.3) is 5.65 Å². The molecule has 0 saturated heterocycles. The molecule has 0 radical (unpaired) electrons. The van der Waals surface area contributed by atoms with E-state index in [0.717, 1.165) is 19.3 Å². The number of fused-ring (bicyclic) bond motifs is 1. The Morgan fingerprint density at radius 3 is 2.84 bits per heavy atom. The van der Waals surface area contributed by atoms with Gasteiger partial charge in [-0.2, -0.15) is 5.26 Å². The fourth-order valence-corrected chi connectivity index (χ4v) is 2.00. The highest BCUT2D eigenvalue weighted by molar-refractivity contribution is 5.35. The van der Waals surface area contributed by atoms with E-state index < -0.39 is 0 Å². The van der Waals surface area contributed by atoms with Gasteiger partial charge in [-0.25, -0.2) is 9.48 Å². The molecule has 0 fully saturated rings. The number of hydrogen-bond donors (Lipinski definition) is 0. The molecule has 0 atom stereocenters. The molecule has 0 N–H and O–H groups in total. The summed E-state index contributed by atoms with van der Waals surface area (Å²) in [7, 11) is 0. The molecule has 0 bridgehead atoms. The van der Waals surface area contributed by atoms with Crippen LogP contribution in [0.1, 0.15) is 33.1 Å². The lowest BCUT2D eigenvalue weighted by molar-refractivity contribution is 0.410. The average molecular weight is 258 g/mol. The second-order valence-corrected chi connectivity index (χ2v) is 5.39. The Kier molecular flexibility index (Phi) is 3.70. The number of nitrogens with zero attached hydrogens (tertiary/aromatic N) is 4. The predicted octanol–water partition coefficient (Wildman–Crippen LogP) is 2.22. The second-order valence-electron chi connectivity index (χ2n) is 5.39. The third-order valence-corrected chi connectivity index (χ3v) is 3.21. The smallest absolute Gasteiger partial charge is 0.250 e. The maximum atomic E-state index is 12.0. The molecule has 0 unspecified atom stereocenters. The van der Waals surface area contributed by atoms with Gasteiger partial charge in [0, 0.05) is 12.7 Å². The molecule has 0 aliphatic heterocycles. The lowest BCUT2D eigenvalue weighted by Gasteiger charge is -2.13. The number of rotatable bonds is 5. The van der Waals surface area contributed by atoms with Crippen molar-refractivity contribution in [2.75, 3.05) is 0 Å². The molecule has 0 aromatic carbocycles. The summed E-state index contributed by atoms with van der Waals surface area (Å²) in [6.45, 7) is 4.47. The topological polar surface area (TPSA) is 63.1 Å². The molecular formula is C14H18N4O. The van der Waals surface area contributed by atoms with Gasteiger partial charge in [0.1, 0.15) is 0 Å². The quantitative estimate of drug-likeness (QED) is 0.772. The molecule has 2 aromatic rings. The molecule has 19 heavy (non-hydrogen) atoms. The minimum Gasteiger partial charge on any atom is -0.250 e. The Bertz CT molecular complexity index is 660. The fourth-order valence-electron chi connectivity index (χ4n) is 2.00. The zero-order chi connectivity index (χ0) is 13.9. The van der Waals surface area contributed by atoms with Crippen molar-refractivity contribution in [1.82, 2.24) is 14.2 Å². The van der Waals surface area contributed by atoms with E-state index in [4.69, 9.17) is 5.26 Å². The van der Waals surface area contributed by atoms with E-state index >= 15 is 0 Å². The average Bonchev–Trinajstić information content (AvgIpc) is 2.72. The Labute approximate surface area is 112 Å². The summed E-state index contributed by atoms with van der Waals surface area (Å²) in [5.74, 6) is 0. The molecule has 0 spiro atoms. The second kappa shape index (κ2) is 5.27. The largest absolute Gasteiger partial charge is 0.350 e. The first kappa shape index (κ1) is 13.3. The summed E-state index contributed by atoms with van der Waals surface area (Å²) in [4.78, 5) is 12.0. The van der Waals surface area contributed by atoms with Crippen molar-refractivity contribution in [2.24, 2.45) is 5.41 Å². The molecule has 2 aromatic heterocycles. The first-order valence-electron chi connectivity index (χ1n) is 6.49. The molecule has 0 saturated carbocycles. The van der Waals surface area contributed by atoms with E-state index in [2.05, 4.69) is 11.2 Å². The van der Waals surface area contributed by atoms with Gasteiger partial charge in [-0.1, -0.05) is 12.5 Å². The van der Waals surface area contributed by atoms with Gasteiger partial charge in [0.2, 0.25) is 0 Å². The van der Waals surface area contributed by atoms with Crippen LogP contribution < -0.4 is 5.69 Å². The van der Waals surface area contributed by atoms with Crippen molar-refractivity contribution >= 4 is 5.65 Å². The van der Waals surface area contributed by atoms with Gasteiger partial charge < -0.3 is 0 Å². The van der Waals surface area contributed by atoms with E-state index in [1.54, 1.807) is 10.6 Å². The Morgan fingerprint density at radius 1 is 1.37 bits per heavy atom. The lowest BCUT2D eigenvalue weighted by Crippen LogP contribution is -2.21. The van der Waals surface area contributed by atoms with Gasteiger partial charge in [-0.05, 0) is 38.8 Å². The Hall–Kier alpha value is -2.09. The van der Waals surface area contributed by atoms with E-state index in [1.807, 2.05) is 32.0 Å². The van der Waals surface area contributed by atoms with Crippen LogP contribution in [0.4, 0.5) is 0 Å². The summed E-state index contributed by atoms with van der Waals surface area (Å²) < 4.78 is 3.04. The van der Waals surface area contributed by atoms with Gasteiger partial charge in [0.15, 0.2) is 5.65 Å². The molecule has 2 heterocycles. The SMILES string of the molecule is CC(C)(C#N)CCCCn1nc2ccccn2c1=O. The molecule has 0 aliphatic carbocycles.